The fourth-order valence-electron chi connectivity index (χ4n) is 7.67. The molecule has 0 radical (unpaired) electrons. The Hall–Kier alpha value is -7.70. The molecule has 0 aliphatic heterocycles. The van der Waals surface area contributed by atoms with Crippen molar-refractivity contribution in [3.8, 4) is 67.7 Å². The highest BCUT2D eigenvalue weighted by molar-refractivity contribution is 6.07. The molecule has 0 spiro atoms. The van der Waals surface area contributed by atoms with Crippen LogP contribution in [0.4, 0.5) is 0 Å². The van der Waals surface area contributed by atoms with E-state index >= 15 is 0 Å². The lowest BCUT2D eigenvalue weighted by Gasteiger charge is -2.14. The standard InChI is InChI=1S/C50H30N4O2/c1-2-12-31(13-3-1)48-52-49(54-50(53-48)40-17-5-4-14-37(40)43-18-10-11-25-51-43)36-27-34(32-21-23-46-41(29-32)38-15-6-8-19-44(38)55-46)26-35(28-36)33-22-24-47-42(30-33)39-16-7-9-20-45(39)56-47/h1-30H. The van der Waals surface area contributed by atoms with Gasteiger partial charge in [-0.3, -0.25) is 4.98 Å². The Morgan fingerprint density at radius 2 is 0.804 bits per heavy atom. The summed E-state index contributed by atoms with van der Waals surface area (Å²) in [6, 6.07) is 59.9. The van der Waals surface area contributed by atoms with Gasteiger partial charge in [-0.1, -0.05) is 109 Å². The van der Waals surface area contributed by atoms with Crippen molar-refractivity contribution < 1.29 is 8.83 Å². The van der Waals surface area contributed by atoms with Crippen molar-refractivity contribution in [1.29, 1.82) is 0 Å². The first-order valence-electron chi connectivity index (χ1n) is 18.5. The summed E-state index contributed by atoms with van der Waals surface area (Å²) in [5, 5.41) is 4.30. The van der Waals surface area contributed by atoms with Gasteiger partial charge in [-0.05, 0) is 89.0 Å². The van der Waals surface area contributed by atoms with Crippen molar-refractivity contribution in [2.75, 3.05) is 0 Å². The maximum atomic E-state index is 6.21. The number of rotatable bonds is 6. The minimum atomic E-state index is 0.567. The number of pyridine rings is 1. The number of nitrogens with zero attached hydrogens (tertiary/aromatic N) is 4. The van der Waals surface area contributed by atoms with Crippen molar-refractivity contribution >= 4 is 43.9 Å². The summed E-state index contributed by atoms with van der Waals surface area (Å²) in [5.41, 5.74) is 12.0. The van der Waals surface area contributed by atoms with Gasteiger partial charge in [0.25, 0.3) is 0 Å². The molecule has 4 aromatic heterocycles. The molecule has 7 aromatic carbocycles. The average molecular weight is 719 g/mol. The molecule has 0 atom stereocenters. The molecule has 262 valence electrons. The van der Waals surface area contributed by atoms with E-state index in [1.807, 2.05) is 97.1 Å². The maximum Gasteiger partial charge on any atom is 0.164 e. The highest BCUT2D eigenvalue weighted by Crippen LogP contribution is 2.39. The maximum absolute atomic E-state index is 6.21. The third-order valence-corrected chi connectivity index (χ3v) is 10.4. The molecule has 0 aliphatic carbocycles. The van der Waals surface area contributed by atoms with E-state index in [1.165, 1.54) is 0 Å². The number of fused-ring (bicyclic) bond motifs is 6. The Morgan fingerprint density at radius 1 is 0.304 bits per heavy atom. The van der Waals surface area contributed by atoms with Crippen molar-refractivity contribution in [1.82, 2.24) is 19.9 Å². The molecule has 6 heteroatoms. The third kappa shape index (κ3) is 5.51. The molecule has 6 nitrogen and oxygen atoms in total. The second kappa shape index (κ2) is 13.0. The van der Waals surface area contributed by atoms with Gasteiger partial charge in [0, 0.05) is 50.0 Å². The molecule has 0 fully saturated rings. The van der Waals surface area contributed by atoms with Crippen LogP contribution in [0.3, 0.4) is 0 Å². The minimum Gasteiger partial charge on any atom is -0.456 e. The van der Waals surface area contributed by atoms with Gasteiger partial charge < -0.3 is 8.83 Å². The fourth-order valence-corrected chi connectivity index (χ4v) is 7.67. The lowest BCUT2D eigenvalue weighted by molar-refractivity contribution is 0.668. The van der Waals surface area contributed by atoms with E-state index in [0.29, 0.717) is 17.5 Å². The second-order valence-corrected chi connectivity index (χ2v) is 13.9. The molecule has 0 N–H and O–H groups in total. The van der Waals surface area contributed by atoms with Crippen molar-refractivity contribution in [3.63, 3.8) is 0 Å². The van der Waals surface area contributed by atoms with E-state index in [-0.39, 0.29) is 0 Å². The highest BCUT2D eigenvalue weighted by atomic mass is 16.3. The predicted molar refractivity (Wildman–Crippen MR) is 225 cm³/mol. The Morgan fingerprint density at radius 3 is 1.43 bits per heavy atom. The van der Waals surface area contributed by atoms with E-state index in [2.05, 4.69) is 83.8 Å². The van der Waals surface area contributed by atoms with E-state index in [9.17, 15) is 0 Å². The zero-order chi connectivity index (χ0) is 37.0. The Labute approximate surface area is 321 Å². The normalized spacial score (nSPS) is 11.6. The molecule has 0 unspecified atom stereocenters. The summed E-state index contributed by atoms with van der Waals surface area (Å²) < 4.78 is 12.4. The molecule has 11 aromatic rings. The Kier molecular flexibility index (Phi) is 7.38. The zero-order valence-corrected chi connectivity index (χ0v) is 29.9. The SMILES string of the molecule is c1ccc(-c2nc(-c3cc(-c4ccc5oc6ccccc6c5c4)cc(-c4ccc5oc6ccccc6c5c4)c3)nc(-c3ccccc3-c3ccccn3)n2)cc1. The Balaban J connectivity index is 1.15. The first-order chi connectivity index (χ1) is 27.7. The summed E-state index contributed by atoms with van der Waals surface area (Å²) in [4.78, 5) is 20.2. The summed E-state index contributed by atoms with van der Waals surface area (Å²) in [5.74, 6) is 1.73. The van der Waals surface area contributed by atoms with Gasteiger partial charge in [0.05, 0.1) is 5.69 Å². The summed E-state index contributed by atoms with van der Waals surface area (Å²) in [7, 11) is 0. The summed E-state index contributed by atoms with van der Waals surface area (Å²) >= 11 is 0. The van der Waals surface area contributed by atoms with Gasteiger partial charge in [-0.15, -0.1) is 0 Å². The van der Waals surface area contributed by atoms with Gasteiger partial charge in [-0.25, -0.2) is 15.0 Å². The first-order valence-corrected chi connectivity index (χ1v) is 18.5. The van der Waals surface area contributed by atoms with E-state index < -0.39 is 0 Å². The quantitative estimate of drug-likeness (QED) is 0.170. The number of benzene rings is 7. The molecular weight excluding hydrogens is 689 g/mol. The highest BCUT2D eigenvalue weighted by Gasteiger charge is 2.18. The molecule has 11 rings (SSSR count). The largest absolute Gasteiger partial charge is 0.456 e. The van der Waals surface area contributed by atoms with Crippen LogP contribution in [0.25, 0.3) is 112 Å². The van der Waals surface area contributed by atoms with Crippen LogP contribution in [0.5, 0.6) is 0 Å². The zero-order valence-electron chi connectivity index (χ0n) is 29.9. The number of hydrogen-bond donors (Lipinski definition) is 0. The molecule has 0 saturated heterocycles. The van der Waals surface area contributed by atoms with Gasteiger partial charge in [-0.2, -0.15) is 0 Å². The number of hydrogen-bond acceptors (Lipinski definition) is 6. The lowest BCUT2D eigenvalue weighted by atomic mass is 9.94. The smallest absolute Gasteiger partial charge is 0.164 e. The van der Waals surface area contributed by atoms with Crippen LogP contribution in [0.15, 0.2) is 191 Å². The van der Waals surface area contributed by atoms with Gasteiger partial charge in [0.2, 0.25) is 0 Å². The van der Waals surface area contributed by atoms with Crippen LogP contribution in [0, 0.1) is 0 Å². The average Bonchev–Trinajstić information content (AvgIpc) is 3.84. The topological polar surface area (TPSA) is 77.8 Å². The van der Waals surface area contributed by atoms with Crippen molar-refractivity contribution in [3.05, 3.63) is 182 Å². The van der Waals surface area contributed by atoms with E-state index in [1.54, 1.807) is 6.20 Å². The molecule has 56 heavy (non-hydrogen) atoms. The molecule has 0 amide bonds. The van der Waals surface area contributed by atoms with Crippen molar-refractivity contribution in [2.45, 2.75) is 0 Å². The monoisotopic (exact) mass is 718 g/mol. The van der Waals surface area contributed by atoms with Crippen LogP contribution in [-0.4, -0.2) is 19.9 Å². The Bertz CT molecular complexity index is 3130. The second-order valence-electron chi connectivity index (χ2n) is 13.9. The fraction of sp³-hybridized carbons (Fsp3) is 0. The van der Waals surface area contributed by atoms with Gasteiger partial charge in [0.15, 0.2) is 17.5 Å². The number of aromatic nitrogens is 4. The third-order valence-electron chi connectivity index (χ3n) is 10.4. The molecule has 0 aliphatic rings. The van der Waals surface area contributed by atoms with Crippen molar-refractivity contribution in [2.24, 2.45) is 0 Å². The molecule has 4 heterocycles. The molecule has 0 bridgehead atoms. The van der Waals surface area contributed by atoms with Crippen LogP contribution in [0.2, 0.25) is 0 Å². The number of furan rings is 2. The number of para-hydroxylation sites is 2. The lowest BCUT2D eigenvalue weighted by Crippen LogP contribution is -2.01. The van der Waals surface area contributed by atoms with Crippen LogP contribution < -0.4 is 0 Å². The van der Waals surface area contributed by atoms with Crippen LogP contribution in [-0.2, 0) is 0 Å². The minimum absolute atomic E-state index is 0.567. The molecular formula is C50H30N4O2. The predicted octanol–water partition coefficient (Wildman–Crippen LogP) is 13.1. The molecule has 0 saturated carbocycles. The summed E-state index contributed by atoms with van der Waals surface area (Å²) in [6.07, 6.45) is 1.81. The van der Waals surface area contributed by atoms with Gasteiger partial charge >= 0.3 is 0 Å². The van der Waals surface area contributed by atoms with E-state index in [0.717, 1.165) is 94.1 Å². The van der Waals surface area contributed by atoms with E-state index in [4.69, 9.17) is 23.8 Å². The van der Waals surface area contributed by atoms with Gasteiger partial charge in [0.1, 0.15) is 22.3 Å². The first kappa shape index (κ1) is 31.8. The van der Waals surface area contributed by atoms with Crippen LogP contribution in [0.1, 0.15) is 0 Å². The van der Waals surface area contributed by atoms with Crippen LogP contribution >= 0.6 is 0 Å². The summed E-state index contributed by atoms with van der Waals surface area (Å²) in [6.45, 7) is 0.